The average molecular weight is 336 g/mol. The van der Waals surface area contributed by atoms with Crippen LogP contribution in [0.5, 0.6) is 0 Å². The van der Waals surface area contributed by atoms with Gasteiger partial charge in [-0.1, -0.05) is 17.7 Å². The van der Waals surface area contributed by atoms with Crippen LogP contribution >= 0.6 is 11.6 Å². The molecule has 1 saturated heterocycles. The third-order valence-corrected chi connectivity index (χ3v) is 6.58. The Kier molecular flexibility index (Phi) is 5.24. The normalized spacial score (nSPS) is 23.5. The number of sulfonamides is 1. The first-order valence-electron chi connectivity index (χ1n) is 6.76. The van der Waals surface area contributed by atoms with Gasteiger partial charge >= 0.3 is 0 Å². The first-order chi connectivity index (χ1) is 9.84. The van der Waals surface area contributed by atoms with Gasteiger partial charge < -0.3 is 4.74 Å². The quantitative estimate of drug-likeness (QED) is 0.848. The van der Waals surface area contributed by atoms with Crippen molar-refractivity contribution in [2.75, 3.05) is 27.3 Å². The summed E-state index contributed by atoms with van der Waals surface area (Å²) < 4.78 is 45.3. The molecule has 0 radical (unpaired) electrons. The lowest BCUT2D eigenvalue weighted by atomic mass is 9.93. The first kappa shape index (κ1) is 16.7. The fraction of sp³-hybridized carbons (Fsp3) is 0.571. The van der Waals surface area contributed by atoms with Crippen LogP contribution in [0.25, 0.3) is 0 Å². The number of nitrogens with zero attached hydrogens (tertiary/aromatic N) is 1. The van der Waals surface area contributed by atoms with E-state index in [2.05, 4.69) is 0 Å². The molecule has 4 nitrogen and oxygen atoms in total. The van der Waals surface area contributed by atoms with Crippen molar-refractivity contribution in [3.05, 3.63) is 34.6 Å². The maximum atomic E-state index is 13.9. The molecule has 21 heavy (non-hydrogen) atoms. The molecular formula is C14H19ClFNO3S. The predicted octanol–water partition coefficient (Wildman–Crippen LogP) is 2.32. The van der Waals surface area contributed by atoms with Crippen molar-refractivity contribution in [2.24, 2.45) is 5.92 Å². The van der Waals surface area contributed by atoms with Crippen LogP contribution in [0.4, 0.5) is 4.39 Å². The van der Waals surface area contributed by atoms with E-state index >= 15 is 0 Å². The molecular weight excluding hydrogens is 317 g/mol. The predicted molar refractivity (Wildman–Crippen MR) is 80.4 cm³/mol. The molecule has 1 aliphatic heterocycles. The molecule has 118 valence electrons. The van der Waals surface area contributed by atoms with Gasteiger partial charge in [0.2, 0.25) is 10.0 Å². The van der Waals surface area contributed by atoms with Crippen LogP contribution in [-0.2, 0) is 21.2 Å². The van der Waals surface area contributed by atoms with E-state index in [0.717, 1.165) is 0 Å². The molecule has 2 atom stereocenters. The molecule has 1 heterocycles. The molecule has 0 aromatic heterocycles. The van der Waals surface area contributed by atoms with Gasteiger partial charge in [0.25, 0.3) is 0 Å². The van der Waals surface area contributed by atoms with Crippen LogP contribution in [-0.4, -0.2) is 45.3 Å². The molecule has 0 N–H and O–H groups in total. The Bertz CT molecular complexity index is 586. The summed E-state index contributed by atoms with van der Waals surface area (Å²) in [5.41, 5.74) is 0.355. The SMILES string of the molecule is CN(C)S(=O)(=O)[C@H]1CCOC[C@@H]1Cc1c(F)cccc1Cl. The first-order valence-corrected chi connectivity index (χ1v) is 8.64. The second-order valence-corrected chi connectivity index (χ2v) is 8.17. The highest BCUT2D eigenvalue weighted by molar-refractivity contribution is 7.89. The minimum absolute atomic E-state index is 0.253. The number of benzene rings is 1. The van der Waals surface area contributed by atoms with E-state index in [1.807, 2.05) is 0 Å². The summed E-state index contributed by atoms with van der Waals surface area (Å²) in [5.74, 6) is -0.713. The van der Waals surface area contributed by atoms with Crippen molar-refractivity contribution >= 4 is 21.6 Å². The highest BCUT2D eigenvalue weighted by atomic mass is 35.5. The van der Waals surface area contributed by atoms with Crippen molar-refractivity contribution < 1.29 is 17.5 Å². The minimum atomic E-state index is -3.41. The van der Waals surface area contributed by atoms with E-state index in [-0.39, 0.29) is 12.3 Å². The smallest absolute Gasteiger partial charge is 0.216 e. The zero-order valence-electron chi connectivity index (χ0n) is 12.1. The lowest BCUT2D eigenvalue weighted by Crippen LogP contribution is -2.44. The van der Waals surface area contributed by atoms with E-state index in [4.69, 9.17) is 16.3 Å². The minimum Gasteiger partial charge on any atom is -0.381 e. The van der Waals surface area contributed by atoms with Crippen LogP contribution < -0.4 is 0 Å². The second kappa shape index (κ2) is 6.60. The molecule has 0 unspecified atom stereocenters. The monoisotopic (exact) mass is 335 g/mol. The number of halogens is 2. The maximum absolute atomic E-state index is 13.9. The van der Waals surface area contributed by atoms with Crippen molar-refractivity contribution in [2.45, 2.75) is 18.1 Å². The highest BCUT2D eigenvalue weighted by Crippen LogP contribution is 2.30. The van der Waals surface area contributed by atoms with Gasteiger partial charge in [0.1, 0.15) is 5.82 Å². The molecule has 1 aromatic carbocycles. The van der Waals surface area contributed by atoms with Crippen molar-refractivity contribution in [3.8, 4) is 0 Å². The maximum Gasteiger partial charge on any atom is 0.216 e. The van der Waals surface area contributed by atoms with E-state index in [1.54, 1.807) is 6.07 Å². The van der Waals surface area contributed by atoms with E-state index in [1.165, 1.54) is 30.5 Å². The van der Waals surface area contributed by atoms with Crippen LogP contribution in [0.2, 0.25) is 5.02 Å². The average Bonchev–Trinajstić information content (AvgIpc) is 2.43. The van der Waals surface area contributed by atoms with Gasteiger partial charge in [-0.05, 0) is 25.0 Å². The van der Waals surface area contributed by atoms with Gasteiger partial charge in [0.15, 0.2) is 0 Å². The Morgan fingerprint density at radius 2 is 2.14 bits per heavy atom. The fourth-order valence-corrected chi connectivity index (χ4v) is 4.46. The lowest BCUT2D eigenvalue weighted by molar-refractivity contribution is 0.0561. The summed E-state index contributed by atoms with van der Waals surface area (Å²) in [5, 5.41) is -0.251. The molecule has 0 amide bonds. The Morgan fingerprint density at radius 3 is 2.76 bits per heavy atom. The van der Waals surface area contributed by atoms with Crippen molar-refractivity contribution in [3.63, 3.8) is 0 Å². The fourth-order valence-electron chi connectivity index (χ4n) is 2.62. The van der Waals surface area contributed by atoms with Crippen molar-refractivity contribution in [1.29, 1.82) is 0 Å². The Balaban J connectivity index is 2.28. The topological polar surface area (TPSA) is 46.6 Å². The van der Waals surface area contributed by atoms with Gasteiger partial charge in [-0.15, -0.1) is 0 Å². The van der Waals surface area contributed by atoms with Crippen LogP contribution in [0.15, 0.2) is 18.2 Å². The lowest BCUT2D eigenvalue weighted by Gasteiger charge is -2.33. The Labute approximate surface area is 129 Å². The van der Waals surface area contributed by atoms with Gasteiger partial charge in [-0.3, -0.25) is 0 Å². The van der Waals surface area contributed by atoms with E-state index in [9.17, 15) is 12.8 Å². The van der Waals surface area contributed by atoms with E-state index in [0.29, 0.717) is 30.2 Å². The number of hydrogen-bond acceptors (Lipinski definition) is 3. The molecule has 0 spiro atoms. The van der Waals surface area contributed by atoms with Gasteiger partial charge in [-0.25, -0.2) is 17.1 Å². The summed E-state index contributed by atoms with van der Waals surface area (Å²) in [6.07, 6.45) is 0.667. The standard InChI is InChI=1S/C14H19ClFNO3S/c1-17(2)21(18,19)14-6-7-20-9-10(14)8-11-12(15)4-3-5-13(11)16/h3-5,10,14H,6-9H2,1-2H3/t10-,14-/m0/s1. The van der Waals surface area contributed by atoms with E-state index < -0.39 is 21.1 Å². The molecule has 2 rings (SSSR count). The summed E-state index contributed by atoms with van der Waals surface area (Å²) in [4.78, 5) is 0. The third-order valence-electron chi connectivity index (χ3n) is 3.82. The van der Waals surface area contributed by atoms with Gasteiger partial charge in [0.05, 0.1) is 11.9 Å². The molecule has 1 aliphatic rings. The largest absolute Gasteiger partial charge is 0.381 e. The summed E-state index contributed by atoms with van der Waals surface area (Å²) in [6.45, 7) is 0.696. The van der Waals surface area contributed by atoms with Crippen LogP contribution in [0.1, 0.15) is 12.0 Å². The number of hydrogen-bond donors (Lipinski definition) is 0. The van der Waals surface area contributed by atoms with Gasteiger partial charge in [-0.2, -0.15) is 0 Å². The third kappa shape index (κ3) is 3.56. The summed E-state index contributed by atoms with van der Waals surface area (Å²) in [7, 11) is -0.383. The molecule has 0 bridgehead atoms. The number of rotatable bonds is 4. The zero-order chi connectivity index (χ0) is 15.6. The molecule has 1 fully saturated rings. The molecule has 0 aliphatic carbocycles. The summed E-state index contributed by atoms with van der Waals surface area (Å²) in [6, 6.07) is 4.48. The molecule has 1 aromatic rings. The Morgan fingerprint density at radius 1 is 1.43 bits per heavy atom. The Hall–Kier alpha value is -0.690. The van der Waals surface area contributed by atoms with Gasteiger partial charge in [0, 0.05) is 37.2 Å². The summed E-state index contributed by atoms with van der Waals surface area (Å²) >= 11 is 6.03. The second-order valence-electron chi connectivity index (χ2n) is 5.39. The van der Waals surface area contributed by atoms with Crippen LogP contribution in [0.3, 0.4) is 0 Å². The van der Waals surface area contributed by atoms with Crippen molar-refractivity contribution in [1.82, 2.24) is 4.31 Å². The number of ether oxygens (including phenoxy) is 1. The van der Waals surface area contributed by atoms with Crippen LogP contribution in [0, 0.1) is 11.7 Å². The molecule has 0 saturated carbocycles. The zero-order valence-corrected chi connectivity index (χ0v) is 13.6. The highest BCUT2D eigenvalue weighted by Gasteiger charge is 2.38. The molecule has 7 heteroatoms.